The van der Waals surface area contributed by atoms with Crippen molar-refractivity contribution in [2.75, 3.05) is 31.5 Å². The summed E-state index contributed by atoms with van der Waals surface area (Å²) in [6.45, 7) is 9.57. The fourth-order valence-corrected chi connectivity index (χ4v) is 1.92. The molecule has 21 heavy (non-hydrogen) atoms. The van der Waals surface area contributed by atoms with Gasteiger partial charge < -0.3 is 15.5 Å². The molecule has 1 aromatic carbocycles. The second-order valence-corrected chi connectivity index (χ2v) is 4.53. The molecule has 114 valence electrons. The van der Waals surface area contributed by atoms with Gasteiger partial charge in [0, 0.05) is 30.9 Å². The molecule has 2 N–H and O–H groups in total. The highest BCUT2D eigenvalue weighted by Crippen LogP contribution is 2.12. The molecular weight excluding hydrogens is 266 g/mol. The first-order chi connectivity index (χ1) is 10.1. The van der Waals surface area contributed by atoms with Crippen LogP contribution in [0.25, 0.3) is 0 Å². The van der Waals surface area contributed by atoms with Gasteiger partial charge in [0.1, 0.15) is 0 Å². The molecule has 1 rings (SSSR count). The predicted octanol–water partition coefficient (Wildman–Crippen LogP) is 1.88. The van der Waals surface area contributed by atoms with Gasteiger partial charge in [-0.15, -0.1) is 6.58 Å². The number of benzene rings is 1. The van der Waals surface area contributed by atoms with E-state index in [2.05, 4.69) is 17.2 Å². The molecule has 0 spiro atoms. The third-order valence-corrected chi connectivity index (χ3v) is 3.02. The standard InChI is InChI=1S/C16H23N3O2/c1-4-10-17-12-15(20)18-14-9-7-8-13(11-14)16(21)19(5-2)6-3/h4,7-9,11,17H,1,5-6,10,12H2,2-3H3,(H,18,20). The fraction of sp³-hybridized carbons (Fsp3) is 0.375. The highest BCUT2D eigenvalue weighted by atomic mass is 16.2. The van der Waals surface area contributed by atoms with Gasteiger partial charge in [0.2, 0.25) is 5.91 Å². The molecule has 5 nitrogen and oxygen atoms in total. The van der Waals surface area contributed by atoms with E-state index in [-0.39, 0.29) is 18.4 Å². The minimum atomic E-state index is -0.149. The Morgan fingerprint density at radius 1 is 1.29 bits per heavy atom. The first-order valence-electron chi connectivity index (χ1n) is 7.13. The van der Waals surface area contributed by atoms with Crippen molar-refractivity contribution >= 4 is 17.5 Å². The van der Waals surface area contributed by atoms with E-state index in [9.17, 15) is 9.59 Å². The number of nitrogens with zero attached hydrogens (tertiary/aromatic N) is 1. The summed E-state index contributed by atoms with van der Waals surface area (Å²) in [5, 5.41) is 5.69. The molecule has 5 heteroatoms. The Kier molecular flexibility index (Phi) is 7.18. The van der Waals surface area contributed by atoms with Crippen LogP contribution < -0.4 is 10.6 Å². The zero-order chi connectivity index (χ0) is 15.7. The fourth-order valence-electron chi connectivity index (χ4n) is 1.92. The maximum Gasteiger partial charge on any atom is 0.253 e. The van der Waals surface area contributed by atoms with Gasteiger partial charge in [0.25, 0.3) is 5.91 Å². The van der Waals surface area contributed by atoms with Crippen molar-refractivity contribution in [2.45, 2.75) is 13.8 Å². The van der Waals surface area contributed by atoms with E-state index in [4.69, 9.17) is 0 Å². The number of rotatable bonds is 8. The molecule has 0 aliphatic rings. The lowest BCUT2D eigenvalue weighted by atomic mass is 10.1. The summed E-state index contributed by atoms with van der Waals surface area (Å²) < 4.78 is 0. The van der Waals surface area contributed by atoms with Crippen LogP contribution in [0.4, 0.5) is 5.69 Å². The minimum absolute atomic E-state index is 0.0270. The highest BCUT2D eigenvalue weighted by Gasteiger charge is 2.13. The van der Waals surface area contributed by atoms with Gasteiger partial charge in [-0.1, -0.05) is 12.1 Å². The molecule has 0 saturated carbocycles. The first kappa shape index (κ1) is 16.9. The maximum absolute atomic E-state index is 12.2. The number of nitrogens with one attached hydrogen (secondary N) is 2. The van der Waals surface area contributed by atoms with E-state index in [1.165, 1.54) is 0 Å². The van der Waals surface area contributed by atoms with Crippen LogP contribution in [0.3, 0.4) is 0 Å². The third-order valence-electron chi connectivity index (χ3n) is 3.02. The Bertz CT molecular complexity index is 496. The summed E-state index contributed by atoms with van der Waals surface area (Å²) in [5.74, 6) is -0.176. The molecule has 0 unspecified atom stereocenters. The molecule has 0 heterocycles. The number of hydrogen-bond acceptors (Lipinski definition) is 3. The predicted molar refractivity (Wildman–Crippen MR) is 85.4 cm³/mol. The van der Waals surface area contributed by atoms with Crippen LogP contribution in [0.15, 0.2) is 36.9 Å². The SMILES string of the molecule is C=CCNCC(=O)Nc1cccc(C(=O)N(CC)CC)c1. The molecule has 0 atom stereocenters. The van der Waals surface area contributed by atoms with Crippen molar-refractivity contribution in [2.24, 2.45) is 0 Å². The quantitative estimate of drug-likeness (QED) is 0.567. The zero-order valence-corrected chi connectivity index (χ0v) is 12.7. The zero-order valence-electron chi connectivity index (χ0n) is 12.7. The lowest BCUT2D eigenvalue weighted by molar-refractivity contribution is -0.115. The van der Waals surface area contributed by atoms with Crippen LogP contribution >= 0.6 is 0 Å². The van der Waals surface area contributed by atoms with Crippen LogP contribution in [0.5, 0.6) is 0 Å². The van der Waals surface area contributed by atoms with E-state index in [1.54, 1.807) is 35.2 Å². The molecule has 0 aliphatic heterocycles. The van der Waals surface area contributed by atoms with Crippen molar-refractivity contribution < 1.29 is 9.59 Å². The Morgan fingerprint density at radius 2 is 2.00 bits per heavy atom. The lowest BCUT2D eigenvalue weighted by Gasteiger charge is -2.19. The average Bonchev–Trinajstić information content (AvgIpc) is 2.49. The van der Waals surface area contributed by atoms with Gasteiger partial charge in [-0.05, 0) is 32.0 Å². The molecule has 0 fully saturated rings. The Balaban J connectivity index is 2.69. The molecule has 0 aliphatic carbocycles. The second-order valence-electron chi connectivity index (χ2n) is 4.53. The van der Waals surface area contributed by atoms with Gasteiger partial charge >= 0.3 is 0 Å². The summed E-state index contributed by atoms with van der Waals surface area (Å²) in [7, 11) is 0. The smallest absolute Gasteiger partial charge is 0.253 e. The molecular formula is C16H23N3O2. The van der Waals surface area contributed by atoms with Crippen molar-refractivity contribution in [1.29, 1.82) is 0 Å². The molecule has 2 amide bonds. The van der Waals surface area contributed by atoms with Crippen molar-refractivity contribution in [1.82, 2.24) is 10.2 Å². The summed E-state index contributed by atoms with van der Waals surface area (Å²) >= 11 is 0. The lowest BCUT2D eigenvalue weighted by Crippen LogP contribution is -2.30. The van der Waals surface area contributed by atoms with Crippen LogP contribution in [0.2, 0.25) is 0 Å². The number of amides is 2. The number of carbonyl (C=O) groups is 2. The summed E-state index contributed by atoms with van der Waals surface area (Å²) in [6, 6.07) is 6.99. The third kappa shape index (κ3) is 5.39. The van der Waals surface area contributed by atoms with Crippen LogP contribution in [0.1, 0.15) is 24.2 Å². The van der Waals surface area contributed by atoms with Crippen molar-refractivity contribution in [3.63, 3.8) is 0 Å². The maximum atomic E-state index is 12.2. The second kappa shape index (κ2) is 8.92. The Hall–Kier alpha value is -2.14. The average molecular weight is 289 g/mol. The van der Waals surface area contributed by atoms with E-state index in [1.807, 2.05) is 13.8 Å². The van der Waals surface area contributed by atoms with E-state index < -0.39 is 0 Å². The van der Waals surface area contributed by atoms with Gasteiger partial charge in [-0.2, -0.15) is 0 Å². The molecule has 0 aromatic heterocycles. The monoisotopic (exact) mass is 289 g/mol. The summed E-state index contributed by atoms with van der Waals surface area (Å²) in [5.41, 5.74) is 1.20. The van der Waals surface area contributed by atoms with Crippen LogP contribution in [0, 0.1) is 0 Å². The van der Waals surface area contributed by atoms with Gasteiger partial charge in [-0.25, -0.2) is 0 Å². The van der Waals surface area contributed by atoms with Crippen LogP contribution in [-0.2, 0) is 4.79 Å². The van der Waals surface area contributed by atoms with Crippen LogP contribution in [-0.4, -0.2) is 42.9 Å². The highest BCUT2D eigenvalue weighted by molar-refractivity contribution is 5.97. The van der Waals surface area contributed by atoms with Crippen molar-refractivity contribution in [3.05, 3.63) is 42.5 Å². The van der Waals surface area contributed by atoms with E-state index in [0.29, 0.717) is 30.9 Å². The van der Waals surface area contributed by atoms with Gasteiger partial charge in [-0.3, -0.25) is 9.59 Å². The normalized spacial score (nSPS) is 10.0. The largest absolute Gasteiger partial charge is 0.339 e. The van der Waals surface area contributed by atoms with Gasteiger partial charge in [0.05, 0.1) is 6.54 Å². The minimum Gasteiger partial charge on any atom is -0.339 e. The number of hydrogen-bond donors (Lipinski definition) is 2. The molecule has 0 saturated heterocycles. The van der Waals surface area contributed by atoms with E-state index >= 15 is 0 Å². The van der Waals surface area contributed by atoms with Crippen molar-refractivity contribution in [3.8, 4) is 0 Å². The topological polar surface area (TPSA) is 61.4 Å². The molecule has 1 aromatic rings. The number of carbonyl (C=O) groups excluding carboxylic acids is 2. The summed E-state index contributed by atoms with van der Waals surface area (Å²) in [6.07, 6.45) is 1.69. The molecule has 0 radical (unpaired) electrons. The van der Waals surface area contributed by atoms with Gasteiger partial charge in [0.15, 0.2) is 0 Å². The summed E-state index contributed by atoms with van der Waals surface area (Å²) in [4.78, 5) is 25.7. The first-order valence-corrected chi connectivity index (χ1v) is 7.13. The van der Waals surface area contributed by atoms with E-state index in [0.717, 1.165) is 0 Å². The number of anilines is 1. The Labute approximate surface area is 126 Å². The molecule has 0 bridgehead atoms. The Morgan fingerprint density at radius 3 is 2.62 bits per heavy atom.